The van der Waals surface area contributed by atoms with Crippen molar-refractivity contribution in [1.82, 2.24) is 20.3 Å². The van der Waals surface area contributed by atoms with Crippen molar-refractivity contribution in [2.45, 2.75) is 37.9 Å². The highest BCUT2D eigenvalue weighted by Gasteiger charge is 2.41. The highest BCUT2D eigenvalue weighted by atomic mass is 32.1. The van der Waals surface area contributed by atoms with Crippen LogP contribution in [0.4, 0.5) is 13.2 Å². The Kier molecular flexibility index (Phi) is 5.99. The molecule has 4 rings (SSSR count). The molecule has 3 atom stereocenters. The third kappa shape index (κ3) is 5.63. The molecule has 10 heteroatoms. The van der Waals surface area contributed by atoms with Crippen LogP contribution >= 0.6 is 11.3 Å². The Morgan fingerprint density at radius 3 is 2.90 bits per heavy atom. The number of hydrogen-bond acceptors (Lipinski definition) is 5. The molecule has 0 saturated heterocycles. The van der Waals surface area contributed by atoms with Crippen molar-refractivity contribution < 1.29 is 22.7 Å². The maximum atomic E-state index is 12.4. The summed E-state index contributed by atoms with van der Waals surface area (Å²) in [5, 5.41) is 3.09. The van der Waals surface area contributed by atoms with Crippen molar-refractivity contribution in [3.8, 4) is 16.5 Å². The Balaban J connectivity index is 1.26. The second kappa shape index (κ2) is 8.70. The SMILES string of the molecule is C[C@@H](NC(=O)C[C@@H]1C[C@@H]1c1ncc(-c2ccccn2)[nH]1)c1ccc(OCC(F)(F)F)s1. The number of nitrogens with one attached hydrogen (secondary N) is 2. The first-order valence-electron chi connectivity index (χ1n) is 9.83. The van der Waals surface area contributed by atoms with Crippen LogP contribution in [-0.2, 0) is 4.79 Å². The predicted octanol–water partition coefficient (Wildman–Crippen LogP) is 4.85. The Morgan fingerprint density at radius 2 is 2.16 bits per heavy atom. The van der Waals surface area contributed by atoms with E-state index in [2.05, 4.69) is 20.3 Å². The van der Waals surface area contributed by atoms with E-state index >= 15 is 0 Å². The minimum Gasteiger partial charge on any atom is -0.475 e. The summed E-state index contributed by atoms with van der Waals surface area (Å²) < 4.78 is 41.5. The van der Waals surface area contributed by atoms with Crippen LogP contribution in [0, 0.1) is 5.92 Å². The van der Waals surface area contributed by atoms with Gasteiger partial charge in [0.15, 0.2) is 11.7 Å². The third-order valence-corrected chi connectivity index (χ3v) is 6.22. The lowest BCUT2D eigenvalue weighted by Gasteiger charge is -2.12. The van der Waals surface area contributed by atoms with E-state index in [1.807, 2.05) is 18.2 Å². The summed E-state index contributed by atoms with van der Waals surface area (Å²) in [5.74, 6) is 1.19. The minimum absolute atomic E-state index is 0.0948. The van der Waals surface area contributed by atoms with E-state index in [9.17, 15) is 18.0 Å². The van der Waals surface area contributed by atoms with Crippen molar-refractivity contribution in [2.75, 3.05) is 6.61 Å². The van der Waals surface area contributed by atoms with Crippen molar-refractivity contribution in [1.29, 1.82) is 0 Å². The summed E-state index contributed by atoms with van der Waals surface area (Å²) >= 11 is 1.10. The van der Waals surface area contributed by atoms with Gasteiger partial charge in [-0.25, -0.2) is 4.98 Å². The molecule has 2 N–H and O–H groups in total. The Morgan fingerprint density at radius 1 is 1.32 bits per heavy atom. The molecule has 0 unspecified atom stereocenters. The molecule has 31 heavy (non-hydrogen) atoms. The van der Waals surface area contributed by atoms with Crippen LogP contribution in [0.25, 0.3) is 11.4 Å². The van der Waals surface area contributed by atoms with Gasteiger partial charge in [0.25, 0.3) is 0 Å². The van der Waals surface area contributed by atoms with Crippen LogP contribution in [0.15, 0.2) is 42.7 Å². The summed E-state index contributed by atoms with van der Waals surface area (Å²) in [4.78, 5) is 25.2. The average Bonchev–Trinajstić information content (AvgIpc) is 3.14. The van der Waals surface area contributed by atoms with Gasteiger partial charge in [-0.3, -0.25) is 9.78 Å². The van der Waals surface area contributed by atoms with E-state index in [0.29, 0.717) is 6.42 Å². The fourth-order valence-electron chi connectivity index (χ4n) is 3.39. The third-order valence-electron chi connectivity index (χ3n) is 5.04. The number of halogens is 3. The zero-order valence-corrected chi connectivity index (χ0v) is 17.5. The lowest BCUT2D eigenvalue weighted by molar-refractivity contribution is -0.152. The molecule has 1 amide bonds. The summed E-state index contributed by atoms with van der Waals surface area (Å²) in [5.41, 5.74) is 1.67. The van der Waals surface area contributed by atoms with Crippen LogP contribution < -0.4 is 10.1 Å². The average molecular weight is 450 g/mol. The van der Waals surface area contributed by atoms with Crippen LogP contribution in [0.1, 0.15) is 42.4 Å². The highest BCUT2D eigenvalue weighted by Crippen LogP contribution is 2.48. The minimum atomic E-state index is -4.38. The van der Waals surface area contributed by atoms with Gasteiger partial charge in [-0.15, -0.1) is 11.3 Å². The summed E-state index contributed by atoms with van der Waals surface area (Å²) in [7, 11) is 0. The Labute approximate surface area is 180 Å². The van der Waals surface area contributed by atoms with Crippen molar-refractivity contribution in [2.24, 2.45) is 5.92 Å². The Hall–Kier alpha value is -2.88. The molecule has 1 aliphatic carbocycles. The smallest absolute Gasteiger partial charge is 0.422 e. The van der Waals surface area contributed by atoms with Crippen molar-refractivity contribution >= 4 is 17.2 Å². The largest absolute Gasteiger partial charge is 0.475 e. The van der Waals surface area contributed by atoms with E-state index in [-0.39, 0.29) is 28.8 Å². The molecule has 1 fully saturated rings. The molecular formula is C21H21F3N4O2S. The van der Waals surface area contributed by atoms with Crippen LogP contribution in [-0.4, -0.2) is 33.6 Å². The van der Waals surface area contributed by atoms with Gasteiger partial charge in [0.2, 0.25) is 5.91 Å². The number of carbonyl (C=O) groups excluding carboxylic acids is 1. The molecule has 1 saturated carbocycles. The van der Waals surface area contributed by atoms with Crippen molar-refractivity contribution in [3.05, 3.63) is 53.4 Å². The highest BCUT2D eigenvalue weighted by molar-refractivity contribution is 7.13. The second-order valence-corrected chi connectivity index (χ2v) is 8.63. The normalized spacial score (nSPS) is 19.1. The van der Waals surface area contributed by atoms with Gasteiger partial charge in [-0.05, 0) is 43.5 Å². The Bertz CT molecular complexity index is 1030. The maximum Gasteiger partial charge on any atom is 0.422 e. The molecular weight excluding hydrogens is 429 g/mol. The number of ether oxygens (including phenoxy) is 1. The monoisotopic (exact) mass is 450 g/mol. The molecule has 3 aromatic rings. The van der Waals surface area contributed by atoms with Crippen LogP contribution in [0.2, 0.25) is 0 Å². The fraction of sp³-hybridized carbons (Fsp3) is 0.381. The van der Waals surface area contributed by atoms with Crippen LogP contribution in [0.3, 0.4) is 0 Å². The molecule has 0 radical (unpaired) electrons. The number of amides is 1. The molecule has 0 bridgehead atoms. The second-order valence-electron chi connectivity index (χ2n) is 7.55. The van der Waals surface area contributed by atoms with Gasteiger partial charge in [0.05, 0.1) is 23.6 Å². The van der Waals surface area contributed by atoms with E-state index in [4.69, 9.17) is 4.74 Å². The number of aromatic nitrogens is 3. The number of alkyl halides is 3. The topological polar surface area (TPSA) is 79.9 Å². The van der Waals surface area contributed by atoms with E-state index in [1.165, 1.54) is 6.07 Å². The number of rotatable bonds is 8. The van der Waals surface area contributed by atoms with E-state index in [0.717, 1.165) is 39.8 Å². The first-order chi connectivity index (χ1) is 14.8. The zero-order valence-electron chi connectivity index (χ0n) is 16.6. The number of carbonyl (C=O) groups is 1. The first-order valence-corrected chi connectivity index (χ1v) is 10.6. The molecule has 0 aromatic carbocycles. The molecule has 164 valence electrons. The van der Waals surface area contributed by atoms with Gasteiger partial charge >= 0.3 is 6.18 Å². The number of hydrogen-bond donors (Lipinski definition) is 2. The molecule has 3 heterocycles. The van der Waals surface area contributed by atoms with Gasteiger partial charge in [-0.2, -0.15) is 13.2 Å². The number of nitrogens with zero attached hydrogens (tertiary/aromatic N) is 2. The quantitative estimate of drug-likeness (QED) is 0.514. The molecule has 1 aliphatic rings. The molecule has 0 aliphatic heterocycles. The number of imidazole rings is 1. The van der Waals surface area contributed by atoms with Gasteiger partial charge in [0, 0.05) is 23.4 Å². The summed E-state index contributed by atoms with van der Waals surface area (Å²) in [6.45, 7) is 0.471. The van der Waals surface area contributed by atoms with Crippen molar-refractivity contribution in [3.63, 3.8) is 0 Å². The molecule has 3 aromatic heterocycles. The van der Waals surface area contributed by atoms with Gasteiger partial charge in [0.1, 0.15) is 5.82 Å². The molecule has 0 spiro atoms. The fourth-order valence-corrected chi connectivity index (χ4v) is 4.25. The summed E-state index contributed by atoms with van der Waals surface area (Å²) in [6, 6.07) is 8.51. The number of aromatic amines is 1. The first kappa shape index (κ1) is 21.4. The number of pyridine rings is 1. The lowest BCUT2D eigenvalue weighted by atomic mass is 10.2. The zero-order chi connectivity index (χ0) is 22.0. The van der Waals surface area contributed by atoms with Gasteiger partial charge < -0.3 is 15.0 Å². The van der Waals surface area contributed by atoms with E-state index in [1.54, 1.807) is 25.4 Å². The standard InChI is InChI=1S/C21H21F3N4O2S/c1-12(17-5-6-19(31-17)30-11-21(22,23)24)27-18(29)9-13-8-14(13)20-26-10-16(28-20)15-4-2-3-7-25-15/h2-7,10,12-14H,8-9,11H2,1H3,(H,26,28)(H,27,29)/t12-,13+,14+/m1/s1. The maximum absolute atomic E-state index is 12.4. The van der Waals surface area contributed by atoms with E-state index < -0.39 is 12.8 Å². The van der Waals surface area contributed by atoms with Gasteiger partial charge in [-0.1, -0.05) is 6.07 Å². The molecule has 6 nitrogen and oxygen atoms in total. The van der Waals surface area contributed by atoms with Crippen LogP contribution in [0.5, 0.6) is 5.06 Å². The number of thiophene rings is 1. The summed E-state index contributed by atoms with van der Waals surface area (Å²) in [6.07, 6.45) is 0.352. The number of H-pyrrole nitrogens is 1. The predicted molar refractivity (Wildman–Crippen MR) is 110 cm³/mol. The lowest BCUT2D eigenvalue weighted by Crippen LogP contribution is -2.26.